The highest BCUT2D eigenvalue weighted by Crippen LogP contribution is 2.31. The van der Waals surface area contributed by atoms with Crippen molar-refractivity contribution in [1.29, 1.82) is 0 Å². The molecule has 7 nitrogen and oxygen atoms in total. The molecule has 0 saturated heterocycles. The fourth-order valence-corrected chi connectivity index (χ4v) is 3.07. The molecule has 31 heavy (non-hydrogen) atoms. The number of hydrogen-bond donors (Lipinski definition) is 3. The molecule has 0 fully saturated rings. The molecule has 0 aliphatic carbocycles. The second-order valence-corrected chi connectivity index (χ2v) is 7.76. The zero-order valence-corrected chi connectivity index (χ0v) is 18.3. The van der Waals surface area contributed by atoms with Gasteiger partial charge in [0.2, 0.25) is 5.95 Å². The Labute approximate surface area is 181 Å². The average Bonchev–Trinajstić information content (AvgIpc) is 2.70. The third kappa shape index (κ3) is 6.83. The predicted molar refractivity (Wildman–Crippen MR) is 118 cm³/mol. The van der Waals surface area contributed by atoms with E-state index in [1.807, 2.05) is 32.7 Å². The Morgan fingerprint density at radius 3 is 2.39 bits per heavy atom. The van der Waals surface area contributed by atoms with Gasteiger partial charge < -0.3 is 20.2 Å². The Morgan fingerprint density at radius 1 is 1.19 bits per heavy atom. The molecule has 3 N–H and O–H groups in total. The standard InChI is InChI=1S/C23H30FN3O4/c1-5-27(4)23-25-21(14(2)3)19(11-10-17(28)12-18(29)13-20(30)31)22(26-23)15-6-8-16(24)9-7-15/h6-11,14,17-18,28-29H,5,12-13H2,1-4H3,(H,30,31)/b11-10+/t17-,18-/m1/s1. The summed E-state index contributed by atoms with van der Waals surface area (Å²) in [6.45, 7) is 6.69. The number of carbonyl (C=O) groups is 1. The SMILES string of the molecule is CCN(C)c1nc(-c2ccc(F)cc2)c(/C=C/[C@@H](O)C[C@@H](O)CC(=O)O)c(C(C)C)n1. The molecular weight excluding hydrogens is 401 g/mol. The molecule has 2 atom stereocenters. The summed E-state index contributed by atoms with van der Waals surface area (Å²) in [5.41, 5.74) is 2.75. The molecule has 8 heteroatoms. The third-order valence-electron chi connectivity index (χ3n) is 4.85. The molecule has 0 amide bonds. The summed E-state index contributed by atoms with van der Waals surface area (Å²) in [4.78, 5) is 22.0. The zero-order chi connectivity index (χ0) is 23.1. The number of aliphatic hydroxyl groups excluding tert-OH is 2. The Morgan fingerprint density at radius 2 is 1.84 bits per heavy atom. The zero-order valence-electron chi connectivity index (χ0n) is 18.3. The monoisotopic (exact) mass is 431 g/mol. The predicted octanol–water partition coefficient (Wildman–Crippen LogP) is 3.46. The number of halogens is 1. The van der Waals surface area contributed by atoms with Crippen molar-refractivity contribution in [2.24, 2.45) is 0 Å². The van der Waals surface area contributed by atoms with Gasteiger partial charge in [-0.05, 0) is 37.1 Å². The number of carboxylic acids is 1. The molecule has 0 aliphatic rings. The molecule has 1 aromatic heterocycles. The first-order valence-electron chi connectivity index (χ1n) is 10.3. The fraction of sp³-hybridized carbons (Fsp3) is 0.435. The Kier molecular flexibility index (Phi) is 8.65. The van der Waals surface area contributed by atoms with Gasteiger partial charge in [0, 0.05) is 31.1 Å². The first-order valence-corrected chi connectivity index (χ1v) is 10.3. The molecule has 0 saturated carbocycles. The molecule has 0 aliphatic heterocycles. The summed E-state index contributed by atoms with van der Waals surface area (Å²) >= 11 is 0. The van der Waals surface area contributed by atoms with E-state index in [0.717, 1.165) is 5.69 Å². The lowest BCUT2D eigenvalue weighted by molar-refractivity contribution is -0.139. The van der Waals surface area contributed by atoms with E-state index in [1.54, 1.807) is 18.2 Å². The van der Waals surface area contributed by atoms with Crippen molar-refractivity contribution < 1.29 is 24.5 Å². The maximum Gasteiger partial charge on any atom is 0.305 e. The lowest BCUT2D eigenvalue weighted by Crippen LogP contribution is -2.21. The van der Waals surface area contributed by atoms with Crippen LogP contribution >= 0.6 is 0 Å². The van der Waals surface area contributed by atoms with Gasteiger partial charge in [-0.3, -0.25) is 4.79 Å². The quantitative estimate of drug-likeness (QED) is 0.529. The van der Waals surface area contributed by atoms with E-state index in [-0.39, 0.29) is 18.2 Å². The molecule has 0 spiro atoms. The second kappa shape index (κ2) is 11.0. The first kappa shape index (κ1) is 24.4. The van der Waals surface area contributed by atoms with Gasteiger partial charge in [0.05, 0.1) is 30.0 Å². The average molecular weight is 432 g/mol. The largest absolute Gasteiger partial charge is 0.481 e. The van der Waals surface area contributed by atoms with E-state index in [9.17, 15) is 19.4 Å². The Hall–Kier alpha value is -2.84. The van der Waals surface area contributed by atoms with Crippen molar-refractivity contribution in [3.05, 3.63) is 47.4 Å². The van der Waals surface area contributed by atoms with Gasteiger partial charge in [0.25, 0.3) is 0 Å². The van der Waals surface area contributed by atoms with Crippen LogP contribution < -0.4 is 4.90 Å². The van der Waals surface area contributed by atoms with Gasteiger partial charge in [0.15, 0.2) is 0 Å². The number of anilines is 1. The molecule has 1 aromatic carbocycles. The number of aliphatic carboxylic acids is 1. The topological polar surface area (TPSA) is 107 Å². The van der Waals surface area contributed by atoms with Gasteiger partial charge in [-0.15, -0.1) is 0 Å². The normalized spacial score (nSPS) is 13.5. The smallest absolute Gasteiger partial charge is 0.305 e. The van der Waals surface area contributed by atoms with E-state index in [4.69, 9.17) is 15.1 Å². The van der Waals surface area contributed by atoms with Gasteiger partial charge in [0.1, 0.15) is 5.82 Å². The van der Waals surface area contributed by atoms with Crippen LogP contribution in [0.3, 0.4) is 0 Å². The Balaban J connectivity index is 2.52. The van der Waals surface area contributed by atoms with Crippen molar-refractivity contribution in [3.8, 4) is 11.3 Å². The molecule has 0 bridgehead atoms. The van der Waals surface area contributed by atoms with Crippen molar-refractivity contribution in [3.63, 3.8) is 0 Å². The van der Waals surface area contributed by atoms with Crippen molar-refractivity contribution in [2.75, 3.05) is 18.5 Å². The fourth-order valence-electron chi connectivity index (χ4n) is 3.07. The van der Waals surface area contributed by atoms with E-state index >= 15 is 0 Å². The van der Waals surface area contributed by atoms with E-state index in [0.29, 0.717) is 29.3 Å². The van der Waals surface area contributed by atoms with Crippen LogP contribution in [0.15, 0.2) is 30.3 Å². The minimum atomic E-state index is -1.16. The maximum atomic E-state index is 13.5. The molecular formula is C23H30FN3O4. The van der Waals surface area contributed by atoms with Crippen LogP contribution in [0.25, 0.3) is 17.3 Å². The molecule has 0 unspecified atom stereocenters. The number of benzene rings is 1. The number of aromatic nitrogens is 2. The van der Waals surface area contributed by atoms with Crippen molar-refractivity contribution in [2.45, 2.75) is 51.7 Å². The molecule has 1 heterocycles. The first-order chi connectivity index (χ1) is 14.6. The summed E-state index contributed by atoms with van der Waals surface area (Å²) in [6.07, 6.45) is 0.421. The van der Waals surface area contributed by atoms with Gasteiger partial charge >= 0.3 is 5.97 Å². The molecule has 0 radical (unpaired) electrons. The maximum absolute atomic E-state index is 13.5. The second-order valence-electron chi connectivity index (χ2n) is 7.76. The highest BCUT2D eigenvalue weighted by Gasteiger charge is 2.19. The third-order valence-corrected chi connectivity index (χ3v) is 4.85. The number of aliphatic hydroxyl groups is 2. The molecule has 2 aromatic rings. The Bertz CT molecular complexity index is 916. The number of carboxylic acid groups (broad SMARTS) is 1. The van der Waals surface area contributed by atoms with Crippen molar-refractivity contribution >= 4 is 18.0 Å². The minimum absolute atomic E-state index is 0.0422. The number of rotatable bonds is 10. The summed E-state index contributed by atoms with van der Waals surface area (Å²) in [5, 5.41) is 28.8. The van der Waals surface area contributed by atoms with E-state index in [1.165, 1.54) is 18.2 Å². The molecule has 2 rings (SSSR count). The van der Waals surface area contributed by atoms with Gasteiger partial charge in [-0.2, -0.15) is 0 Å². The molecule has 168 valence electrons. The van der Waals surface area contributed by atoms with Crippen LogP contribution in [0.4, 0.5) is 10.3 Å². The lowest BCUT2D eigenvalue weighted by Gasteiger charge is -2.21. The highest BCUT2D eigenvalue weighted by molar-refractivity contribution is 5.75. The van der Waals surface area contributed by atoms with Crippen LogP contribution in [-0.4, -0.2) is 57.1 Å². The lowest BCUT2D eigenvalue weighted by atomic mass is 9.97. The van der Waals surface area contributed by atoms with Crippen molar-refractivity contribution in [1.82, 2.24) is 9.97 Å². The summed E-state index contributed by atoms with van der Waals surface area (Å²) < 4.78 is 13.5. The summed E-state index contributed by atoms with van der Waals surface area (Å²) in [7, 11) is 1.89. The summed E-state index contributed by atoms with van der Waals surface area (Å²) in [6, 6.07) is 6.00. The minimum Gasteiger partial charge on any atom is -0.481 e. The van der Waals surface area contributed by atoms with Crippen LogP contribution in [0.5, 0.6) is 0 Å². The van der Waals surface area contributed by atoms with Crippen LogP contribution in [-0.2, 0) is 4.79 Å². The van der Waals surface area contributed by atoms with Gasteiger partial charge in [-0.25, -0.2) is 14.4 Å². The van der Waals surface area contributed by atoms with Crippen LogP contribution in [0, 0.1) is 5.82 Å². The number of nitrogens with zero attached hydrogens (tertiary/aromatic N) is 3. The van der Waals surface area contributed by atoms with Crippen LogP contribution in [0.1, 0.15) is 50.8 Å². The van der Waals surface area contributed by atoms with Crippen LogP contribution in [0.2, 0.25) is 0 Å². The van der Waals surface area contributed by atoms with Gasteiger partial charge in [-0.1, -0.05) is 26.0 Å². The summed E-state index contributed by atoms with van der Waals surface area (Å²) in [5.74, 6) is -0.901. The van der Waals surface area contributed by atoms with E-state index in [2.05, 4.69) is 0 Å². The highest BCUT2D eigenvalue weighted by atomic mass is 19.1. The van der Waals surface area contributed by atoms with E-state index < -0.39 is 24.6 Å². The number of hydrogen-bond acceptors (Lipinski definition) is 6.